The average molecular weight is 368 g/mol. The van der Waals surface area contributed by atoms with E-state index in [1.807, 2.05) is 24.3 Å². The molecule has 136 valence electrons. The predicted octanol–water partition coefficient (Wildman–Crippen LogP) is 5.98. The molecule has 2 aromatic rings. The SMILES string of the molecule is CCCCCc1ccc([C@H]2CO[C@H](c3ccccc3N=C=S)OC2)cc1. The van der Waals surface area contributed by atoms with Crippen LogP contribution in [0.25, 0.3) is 0 Å². The Morgan fingerprint density at radius 1 is 1.04 bits per heavy atom. The van der Waals surface area contributed by atoms with Gasteiger partial charge in [0.05, 0.1) is 24.1 Å². The van der Waals surface area contributed by atoms with Crippen LogP contribution in [0.1, 0.15) is 55.1 Å². The standard InChI is InChI=1S/C22H25NO2S/c1-2-3-4-7-17-10-12-18(13-11-17)19-14-24-22(25-15-19)20-8-5-6-9-21(20)23-16-26/h5-6,8-13,19,22H,2-4,7,14-15H2,1H3/t19-,22-. The average Bonchev–Trinajstić information content (AvgIpc) is 2.70. The van der Waals surface area contributed by atoms with Crippen molar-refractivity contribution in [2.75, 3.05) is 13.2 Å². The molecular formula is C22H25NO2S. The lowest BCUT2D eigenvalue weighted by Gasteiger charge is -2.30. The maximum absolute atomic E-state index is 5.98. The van der Waals surface area contributed by atoms with Crippen molar-refractivity contribution in [2.24, 2.45) is 4.99 Å². The van der Waals surface area contributed by atoms with E-state index < -0.39 is 6.29 Å². The number of hydrogen-bond donors (Lipinski definition) is 0. The molecule has 1 aliphatic rings. The van der Waals surface area contributed by atoms with Gasteiger partial charge in [-0.1, -0.05) is 62.2 Å². The molecule has 0 aliphatic carbocycles. The Balaban J connectivity index is 1.59. The molecule has 0 spiro atoms. The molecule has 0 atom stereocenters. The van der Waals surface area contributed by atoms with Gasteiger partial charge < -0.3 is 9.47 Å². The summed E-state index contributed by atoms with van der Waals surface area (Å²) in [5, 5.41) is 2.42. The maximum atomic E-state index is 5.98. The zero-order chi connectivity index (χ0) is 18.2. The summed E-state index contributed by atoms with van der Waals surface area (Å²) in [6.45, 7) is 3.50. The lowest BCUT2D eigenvalue weighted by molar-refractivity contribution is -0.191. The highest BCUT2D eigenvalue weighted by Gasteiger charge is 2.26. The molecule has 1 fully saturated rings. The number of rotatable bonds is 7. The van der Waals surface area contributed by atoms with Crippen molar-refractivity contribution in [3.8, 4) is 0 Å². The third-order valence-corrected chi connectivity index (χ3v) is 4.87. The Kier molecular flexibility index (Phi) is 7.10. The smallest absolute Gasteiger partial charge is 0.185 e. The number of unbranched alkanes of at least 4 members (excludes halogenated alkanes) is 2. The summed E-state index contributed by atoms with van der Waals surface area (Å²) < 4.78 is 12.0. The minimum Gasteiger partial charge on any atom is -0.348 e. The number of aliphatic imine (C=N–C) groups is 1. The molecule has 2 aromatic carbocycles. The van der Waals surface area contributed by atoms with Crippen LogP contribution < -0.4 is 0 Å². The summed E-state index contributed by atoms with van der Waals surface area (Å²) in [6.07, 6.45) is 4.57. The Morgan fingerprint density at radius 3 is 2.46 bits per heavy atom. The second kappa shape index (κ2) is 9.75. The van der Waals surface area contributed by atoms with E-state index in [0.29, 0.717) is 13.2 Å². The molecule has 0 radical (unpaired) electrons. The number of benzene rings is 2. The fourth-order valence-electron chi connectivity index (χ4n) is 3.25. The number of aryl methyl sites for hydroxylation is 1. The molecular weight excluding hydrogens is 342 g/mol. The highest BCUT2D eigenvalue weighted by molar-refractivity contribution is 7.78. The van der Waals surface area contributed by atoms with E-state index >= 15 is 0 Å². The number of isothiocyanates is 1. The molecule has 3 nitrogen and oxygen atoms in total. The van der Waals surface area contributed by atoms with E-state index in [4.69, 9.17) is 21.7 Å². The van der Waals surface area contributed by atoms with Crippen LogP contribution in [0.2, 0.25) is 0 Å². The van der Waals surface area contributed by atoms with Crippen LogP contribution in [0.3, 0.4) is 0 Å². The van der Waals surface area contributed by atoms with Crippen LogP contribution in [-0.4, -0.2) is 18.4 Å². The van der Waals surface area contributed by atoms with Gasteiger partial charge in [0.15, 0.2) is 6.29 Å². The highest BCUT2D eigenvalue weighted by atomic mass is 32.1. The van der Waals surface area contributed by atoms with Gasteiger partial charge in [-0.2, -0.15) is 4.99 Å². The molecule has 0 amide bonds. The Labute approximate surface area is 161 Å². The minimum absolute atomic E-state index is 0.261. The molecule has 1 saturated heterocycles. The summed E-state index contributed by atoms with van der Waals surface area (Å²) in [5.74, 6) is 0.261. The highest BCUT2D eigenvalue weighted by Crippen LogP contribution is 2.34. The zero-order valence-corrected chi connectivity index (χ0v) is 16.0. The molecule has 26 heavy (non-hydrogen) atoms. The number of para-hydroxylation sites is 1. The molecule has 3 rings (SSSR count). The van der Waals surface area contributed by atoms with Crippen LogP contribution in [0.15, 0.2) is 53.5 Å². The monoisotopic (exact) mass is 367 g/mol. The predicted molar refractivity (Wildman–Crippen MR) is 108 cm³/mol. The summed E-state index contributed by atoms with van der Waals surface area (Å²) >= 11 is 4.72. The summed E-state index contributed by atoms with van der Waals surface area (Å²) in [6, 6.07) is 16.6. The van der Waals surface area contributed by atoms with Crippen molar-refractivity contribution in [2.45, 2.75) is 44.8 Å². The van der Waals surface area contributed by atoms with Crippen LogP contribution in [0.4, 0.5) is 5.69 Å². The molecule has 1 aliphatic heterocycles. The topological polar surface area (TPSA) is 30.8 Å². The van der Waals surface area contributed by atoms with Crippen LogP contribution in [-0.2, 0) is 15.9 Å². The quantitative estimate of drug-likeness (QED) is 0.342. The van der Waals surface area contributed by atoms with Crippen molar-refractivity contribution >= 4 is 23.1 Å². The number of thiocarbonyl (C=S) groups is 1. The van der Waals surface area contributed by atoms with Crippen molar-refractivity contribution in [1.29, 1.82) is 0 Å². The van der Waals surface area contributed by atoms with Gasteiger partial charge in [0, 0.05) is 11.5 Å². The number of nitrogens with zero attached hydrogens (tertiary/aromatic N) is 1. The van der Waals surface area contributed by atoms with Gasteiger partial charge in [-0.15, -0.1) is 0 Å². The van der Waals surface area contributed by atoms with Gasteiger partial charge in [-0.05, 0) is 42.3 Å². The molecule has 0 bridgehead atoms. The first-order valence-corrected chi connectivity index (χ1v) is 9.71. The maximum Gasteiger partial charge on any atom is 0.185 e. The molecule has 4 heteroatoms. The first-order valence-electron chi connectivity index (χ1n) is 9.30. The van der Waals surface area contributed by atoms with Crippen molar-refractivity contribution in [3.05, 3.63) is 65.2 Å². The van der Waals surface area contributed by atoms with Gasteiger partial charge in [0.1, 0.15) is 0 Å². The Bertz CT molecular complexity index is 745. The molecule has 0 saturated carbocycles. The van der Waals surface area contributed by atoms with Gasteiger partial charge in [0.2, 0.25) is 0 Å². The first-order chi connectivity index (χ1) is 12.8. The number of ether oxygens (including phenoxy) is 2. The molecule has 0 N–H and O–H groups in total. The molecule has 1 heterocycles. The van der Waals surface area contributed by atoms with E-state index in [9.17, 15) is 0 Å². The number of hydrogen-bond acceptors (Lipinski definition) is 4. The Hall–Kier alpha value is -1.84. The van der Waals surface area contributed by atoms with Crippen LogP contribution in [0, 0.1) is 0 Å². The van der Waals surface area contributed by atoms with E-state index in [1.54, 1.807) is 0 Å². The van der Waals surface area contributed by atoms with Gasteiger partial charge in [-0.3, -0.25) is 0 Å². The lowest BCUT2D eigenvalue weighted by Crippen LogP contribution is -2.25. The zero-order valence-electron chi connectivity index (χ0n) is 15.2. The third-order valence-electron chi connectivity index (χ3n) is 4.77. The second-order valence-electron chi connectivity index (χ2n) is 6.66. The van der Waals surface area contributed by atoms with Gasteiger partial charge >= 0.3 is 0 Å². The lowest BCUT2D eigenvalue weighted by atomic mass is 9.97. The first kappa shape index (κ1) is 18.9. The van der Waals surface area contributed by atoms with Crippen molar-refractivity contribution < 1.29 is 9.47 Å². The third kappa shape index (κ3) is 4.87. The van der Waals surface area contributed by atoms with Gasteiger partial charge in [0.25, 0.3) is 0 Å². The summed E-state index contributed by atoms with van der Waals surface area (Å²) in [5.41, 5.74) is 4.33. The molecule has 0 aromatic heterocycles. The van der Waals surface area contributed by atoms with E-state index in [1.165, 1.54) is 30.4 Å². The second-order valence-corrected chi connectivity index (χ2v) is 6.84. The van der Waals surface area contributed by atoms with Crippen LogP contribution >= 0.6 is 12.2 Å². The summed E-state index contributed by atoms with van der Waals surface area (Å²) in [7, 11) is 0. The molecule has 0 unspecified atom stereocenters. The minimum atomic E-state index is -0.400. The van der Waals surface area contributed by atoms with Gasteiger partial charge in [-0.25, -0.2) is 0 Å². The van der Waals surface area contributed by atoms with Crippen molar-refractivity contribution in [3.63, 3.8) is 0 Å². The Morgan fingerprint density at radius 2 is 1.77 bits per heavy atom. The van der Waals surface area contributed by atoms with Crippen LogP contribution in [0.5, 0.6) is 0 Å². The fourth-order valence-corrected chi connectivity index (χ4v) is 3.35. The fraction of sp³-hybridized carbons (Fsp3) is 0.409. The normalized spacial score (nSPS) is 19.7. The van der Waals surface area contributed by atoms with E-state index in [-0.39, 0.29) is 5.92 Å². The van der Waals surface area contributed by atoms with E-state index in [0.717, 1.165) is 17.7 Å². The van der Waals surface area contributed by atoms with Crippen molar-refractivity contribution in [1.82, 2.24) is 0 Å². The largest absolute Gasteiger partial charge is 0.348 e. The summed E-state index contributed by atoms with van der Waals surface area (Å²) in [4.78, 5) is 4.10. The van der Waals surface area contributed by atoms with E-state index in [2.05, 4.69) is 41.3 Å².